The molecule has 1 aliphatic rings. The summed E-state index contributed by atoms with van der Waals surface area (Å²) in [6.07, 6.45) is 5.33. The Bertz CT molecular complexity index is 1420. The molecule has 0 radical (unpaired) electrons. The number of sulfone groups is 1. The number of aromatic nitrogens is 4. The van der Waals surface area contributed by atoms with Crippen LogP contribution in [-0.4, -0.2) is 57.0 Å². The third-order valence-corrected chi connectivity index (χ3v) is 7.61. The quantitative estimate of drug-likeness (QED) is 0.506. The zero-order valence-corrected chi connectivity index (χ0v) is 17.6. The summed E-state index contributed by atoms with van der Waals surface area (Å²) in [4.78, 5) is 25.0. The van der Waals surface area contributed by atoms with Crippen LogP contribution in [0, 0.1) is 6.92 Å². The number of carboxylic acid groups (broad SMARTS) is 1. The fourth-order valence-corrected chi connectivity index (χ4v) is 5.84. The molecule has 0 unspecified atom stereocenters. The number of amides is 1. The number of benzene rings is 1. The van der Waals surface area contributed by atoms with Gasteiger partial charge in [-0.15, -0.1) is 0 Å². The number of H-pyrrole nitrogens is 1. The van der Waals surface area contributed by atoms with Crippen molar-refractivity contribution in [1.82, 2.24) is 24.3 Å². The number of aromatic amines is 1. The minimum Gasteiger partial charge on any atom is -0.465 e. The van der Waals surface area contributed by atoms with E-state index in [1.165, 1.54) is 11.1 Å². The Hall–Kier alpha value is -3.40. The number of hydrogen-bond donors (Lipinski definition) is 2. The van der Waals surface area contributed by atoms with Crippen LogP contribution in [-0.2, 0) is 9.84 Å². The summed E-state index contributed by atoms with van der Waals surface area (Å²) < 4.78 is 28.8. The van der Waals surface area contributed by atoms with Gasteiger partial charge >= 0.3 is 6.09 Å². The van der Waals surface area contributed by atoms with Gasteiger partial charge in [0.05, 0.1) is 11.1 Å². The first-order chi connectivity index (χ1) is 14.9. The number of nitrogens with zero attached hydrogens (tertiary/aromatic N) is 4. The van der Waals surface area contributed by atoms with Gasteiger partial charge in [-0.3, -0.25) is 4.40 Å². The molecular weight excluding hydrogens is 418 g/mol. The van der Waals surface area contributed by atoms with Gasteiger partial charge in [-0.25, -0.2) is 23.2 Å². The molecule has 160 valence electrons. The second-order valence-electron chi connectivity index (χ2n) is 7.87. The Balaban J connectivity index is 1.72. The van der Waals surface area contributed by atoms with Gasteiger partial charge in [-0.1, -0.05) is 12.1 Å². The lowest BCUT2D eigenvalue weighted by atomic mass is 9.95. The molecule has 0 bridgehead atoms. The van der Waals surface area contributed by atoms with Crippen LogP contribution in [0.4, 0.5) is 4.79 Å². The highest BCUT2D eigenvalue weighted by Gasteiger charge is 2.29. The molecule has 1 amide bonds. The molecule has 9 nitrogen and oxygen atoms in total. The lowest BCUT2D eigenvalue weighted by Crippen LogP contribution is -2.38. The van der Waals surface area contributed by atoms with E-state index in [1.807, 2.05) is 13.0 Å². The van der Waals surface area contributed by atoms with Gasteiger partial charge in [0, 0.05) is 37.1 Å². The molecule has 1 saturated heterocycles. The lowest BCUT2D eigenvalue weighted by molar-refractivity contribution is 0.130. The molecule has 4 heterocycles. The van der Waals surface area contributed by atoms with E-state index >= 15 is 0 Å². The fourth-order valence-electron chi connectivity index (χ4n) is 4.33. The lowest BCUT2D eigenvalue weighted by Gasteiger charge is -2.30. The molecule has 3 aromatic heterocycles. The topological polar surface area (TPSA) is 121 Å². The maximum atomic E-state index is 13.5. The molecule has 1 atom stereocenters. The number of carbonyl (C=O) groups is 1. The summed E-state index contributed by atoms with van der Waals surface area (Å²) in [6.45, 7) is 2.69. The number of rotatable bonds is 3. The predicted octanol–water partition coefficient (Wildman–Crippen LogP) is 3.21. The van der Waals surface area contributed by atoms with Gasteiger partial charge in [0.25, 0.3) is 0 Å². The van der Waals surface area contributed by atoms with E-state index in [4.69, 9.17) is 0 Å². The smallest absolute Gasteiger partial charge is 0.407 e. The van der Waals surface area contributed by atoms with Gasteiger partial charge in [0.1, 0.15) is 10.4 Å². The number of likely N-dealkylation sites (tertiary alicyclic amines) is 1. The molecule has 0 aliphatic carbocycles. The molecule has 1 aromatic carbocycles. The van der Waals surface area contributed by atoms with Gasteiger partial charge in [0.15, 0.2) is 11.3 Å². The number of nitrogens with one attached hydrogen (secondary N) is 1. The van der Waals surface area contributed by atoms with Crippen molar-refractivity contribution < 1.29 is 18.3 Å². The Kier molecular flexibility index (Phi) is 4.47. The first-order valence-electron chi connectivity index (χ1n) is 9.99. The van der Waals surface area contributed by atoms with Crippen molar-refractivity contribution in [3.05, 3.63) is 54.1 Å². The number of aryl methyl sites for hydroxylation is 1. The second-order valence-corrected chi connectivity index (χ2v) is 9.79. The van der Waals surface area contributed by atoms with E-state index < -0.39 is 15.9 Å². The van der Waals surface area contributed by atoms with Crippen LogP contribution < -0.4 is 0 Å². The van der Waals surface area contributed by atoms with E-state index in [2.05, 4.69) is 15.0 Å². The van der Waals surface area contributed by atoms with Crippen LogP contribution in [0.5, 0.6) is 0 Å². The van der Waals surface area contributed by atoms with Crippen molar-refractivity contribution in [2.24, 2.45) is 0 Å². The number of imidazole rings is 1. The summed E-state index contributed by atoms with van der Waals surface area (Å²) >= 11 is 0. The molecule has 5 rings (SSSR count). The standard InChI is InChI=1S/C21H21N5O4S/c1-13-4-2-6-15(8-13)31(29,30)17-10-23-20-19(17)26-16(9-22-18(26)11-24-20)14-5-3-7-25(12-14)21(27)28/h2,4,6,8-11,14,23H,3,5,7,12H2,1H3,(H,27,28)/t14-/m1/s1. The molecule has 0 saturated carbocycles. The summed E-state index contributed by atoms with van der Waals surface area (Å²) in [6, 6.07) is 6.78. The average molecular weight is 439 g/mol. The van der Waals surface area contributed by atoms with E-state index in [9.17, 15) is 18.3 Å². The Morgan fingerprint density at radius 3 is 2.87 bits per heavy atom. The normalized spacial score (nSPS) is 17.5. The van der Waals surface area contributed by atoms with Crippen molar-refractivity contribution in [2.75, 3.05) is 13.1 Å². The van der Waals surface area contributed by atoms with Gasteiger partial charge < -0.3 is 15.0 Å². The third-order valence-electron chi connectivity index (χ3n) is 5.85. The molecule has 4 aromatic rings. The van der Waals surface area contributed by atoms with Crippen molar-refractivity contribution in [3.63, 3.8) is 0 Å². The van der Waals surface area contributed by atoms with Crippen molar-refractivity contribution in [1.29, 1.82) is 0 Å². The summed E-state index contributed by atoms with van der Waals surface area (Å²) in [5, 5.41) is 9.41. The summed E-state index contributed by atoms with van der Waals surface area (Å²) in [5.74, 6) is -0.0881. The van der Waals surface area contributed by atoms with Crippen LogP contribution >= 0.6 is 0 Å². The van der Waals surface area contributed by atoms with Crippen LogP contribution in [0.1, 0.15) is 30.0 Å². The zero-order chi connectivity index (χ0) is 21.8. The van der Waals surface area contributed by atoms with E-state index in [0.717, 1.165) is 24.1 Å². The number of fused-ring (bicyclic) bond motifs is 3. The SMILES string of the molecule is Cc1cccc(S(=O)(=O)c2c[nH]c3ncc4ncc([C@@H]5CCCN(C(=O)O)C5)n4c23)c1. The van der Waals surface area contributed by atoms with Crippen LogP contribution in [0.15, 0.2) is 52.6 Å². The average Bonchev–Trinajstić information content (AvgIpc) is 3.38. The molecule has 1 fully saturated rings. The molecule has 0 spiro atoms. The number of hydrogen-bond acceptors (Lipinski definition) is 5. The minimum atomic E-state index is -3.81. The first-order valence-corrected chi connectivity index (χ1v) is 11.5. The molecule has 2 N–H and O–H groups in total. The second kappa shape index (κ2) is 7.09. The van der Waals surface area contributed by atoms with E-state index in [-0.39, 0.29) is 15.7 Å². The predicted molar refractivity (Wildman–Crippen MR) is 113 cm³/mol. The maximum absolute atomic E-state index is 13.5. The molecule has 10 heteroatoms. The zero-order valence-electron chi connectivity index (χ0n) is 16.8. The minimum absolute atomic E-state index is 0.0881. The largest absolute Gasteiger partial charge is 0.465 e. The Morgan fingerprint density at radius 2 is 2.10 bits per heavy atom. The van der Waals surface area contributed by atoms with Crippen LogP contribution in [0.3, 0.4) is 0 Å². The molecule has 31 heavy (non-hydrogen) atoms. The molecule has 1 aliphatic heterocycles. The highest BCUT2D eigenvalue weighted by atomic mass is 32.2. The van der Waals surface area contributed by atoms with Crippen molar-refractivity contribution in [2.45, 2.75) is 35.5 Å². The maximum Gasteiger partial charge on any atom is 0.407 e. The van der Waals surface area contributed by atoms with Gasteiger partial charge in [-0.05, 0) is 37.5 Å². The molecular formula is C21H21N5O4S. The highest BCUT2D eigenvalue weighted by molar-refractivity contribution is 7.91. The first kappa shape index (κ1) is 19.6. The Labute approximate surface area is 178 Å². The number of piperidine rings is 1. The monoisotopic (exact) mass is 439 g/mol. The van der Waals surface area contributed by atoms with Crippen molar-refractivity contribution >= 4 is 32.7 Å². The van der Waals surface area contributed by atoms with Crippen LogP contribution in [0.2, 0.25) is 0 Å². The third kappa shape index (κ3) is 3.14. The highest BCUT2D eigenvalue weighted by Crippen LogP contribution is 2.33. The fraction of sp³-hybridized carbons (Fsp3) is 0.286. The van der Waals surface area contributed by atoms with Gasteiger partial charge in [-0.2, -0.15) is 0 Å². The van der Waals surface area contributed by atoms with E-state index in [1.54, 1.807) is 35.0 Å². The van der Waals surface area contributed by atoms with Crippen LogP contribution in [0.25, 0.3) is 16.8 Å². The van der Waals surface area contributed by atoms with Crippen molar-refractivity contribution in [3.8, 4) is 0 Å². The van der Waals surface area contributed by atoms with Gasteiger partial charge in [0.2, 0.25) is 9.84 Å². The Morgan fingerprint density at radius 1 is 1.26 bits per heavy atom. The summed E-state index contributed by atoms with van der Waals surface area (Å²) in [5.41, 5.74) is 3.02. The summed E-state index contributed by atoms with van der Waals surface area (Å²) in [7, 11) is -3.81. The van der Waals surface area contributed by atoms with E-state index in [0.29, 0.717) is 29.9 Å².